The Balaban J connectivity index is 1.77. The Hall–Kier alpha value is -2.93. The van der Waals surface area contributed by atoms with Gasteiger partial charge in [0.1, 0.15) is 11.6 Å². The third-order valence-corrected chi connectivity index (χ3v) is 4.33. The number of thiazole rings is 1. The Kier molecular flexibility index (Phi) is 5.25. The zero-order valence-corrected chi connectivity index (χ0v) is 14.8. The number of pyridine rings is 1. The molecule has 1 amide bonds. The van der Waals surface area contributed by atoms with E-state index in [1.165, 1.54) is 0 Å². The lowest BCUT2D eigenvalue weighted by Gasteiger charge is -2.13. The van der Waals surface area contributed by atoms with E-state index in [1.54, 1.807) is 36.8 Å². The molecule has 6 nitrogen and oxygen atoms in total. The molecule has 0 aliphatic rings. The number of benzene rings is 1. The topological polar surface area (TPSA) is 76.1 Å². The molecule has 1 aromatic carbocycles. The first-order valence-electron chi connectivity index (χ1n) is 7.71. The molecule has 0 fully saturated rings. The van der Waals surface area contributed by atoms with Gasteiger partial charge in [-0.2, -0.15) is 0 Å². The van der Waals surface area contributed by atoms with Crippen molar-refractivity contribution in [2.24, 2.45) is 0 Å². The maximum Gasteiger partial charge on any atom is 0.255 e. The van der Waals surface area contributed by atoms with Gasteiger partial charge in [-0.15, -0.1) is 11.3 Å². The number of nitrogens with zero attached hydrogens (tertiary/aromatic N) is 2. The summed E-state index contributed by atoms with van der Waals surface area (Å²) in [7, 11) is 1.60. The monoisotopic (exact) mass is 354 g/mol. The molecule has 0 atom stereocenters. The molecular weight excluding hydrogens is 336 g/mol. The van der Waals surface area contributed by atoms with Crippen molar-refractivity contribution in [3.63, 3.8) is 0 Å². The molecule has 2 heterocycles. The summed E-state index contributed by atoms with van der Waals surface area (Å²) >= 11 is 1.56. The molecule has 0 bridgehead atoms. The van der Waals surface area contributed by atoms with Crippen LogP contribution < -0.4 is 15.4 Å². The second kappa shape index (κ2) is 7.76. The van der Waals surface area contributed by atoms with Gasteiger partial charge in [0.25, 0.3) is 5.91 Å². The number of hydrogen-bond donors (Lipinski definition) is 2. The lowest BCUT2D eigenvalue weighted by molar-refractivity contribution is 0.0951. The van der Waals surface area contributed by atoms with Gasteiger partial charge in [-0.25, -0.2) is 9.97 Å². The normalized spacial score (nSPS) is 10.3. The minimum absolute atomic E-state index is 0.212. The molecule has 0 saturated carbocycles. The van der Waals surface area contributed by atoms with E-state index >= 15 is 0 Å². The van der Waals surface area contributed by atoms with Crippen LogP contribution in [0.5, 0.6) is 5.75 Å². The number of anilines is 2. The van der Waals surface area contributed by atoms with Crippen LogP contribution in [0.4, 0.5) is 11.5 Å². The summed E-state index contributed by atoms with van der Waals surface area (Å²) < 4.78 is 5.33. The van der Waals surface area contributed by atoms with Gasteiger partial charge in [0, 0.05) is 11.6 Å². The summed E-state index contributed by atoms with van der Waals surface area (Å²) in [5.74, 6) is 0.938. The number of amides is 1. The Labute approximate surface area is 149 Å². The zero-order valence-electron chi connectivity index (χ0n) is 13.9. The third kappa shape index (κ3) is 4.13. The van der Waals surface area contributed by atoms with E-state index in [2.05, 4.69) is 20.6 Å². The maximum absolute atomic E-state index is 12.5. The average molecular weight is 354 g/mol. The van der Waals surface area contributed by atoms with E-state index in [4.69, 9.17) is 4.74 Å². The quantitative estimate of drug-likeness (QED) is 0.708. The van der Waals surface area contributed by atoms with E-state index < -0.39 is 0 Å². The van der Waals surface area contributed by atoms with Crippen molar-refractivity contribution in [1.29, 1.82) is 0 Å². The summed E-state index contributed by atoms with van der Waals surface area (Å²) in [6, 6.07) is 10.9. The smallest absolute Gasteiger partial charge is 0.255 e. The molecule has 7 heteroatoms. The fourth-order valence-electron chi connectivity index (χ4n) is 2.32. The van der Waals surface area contributed by atoms with Crippen LogP contribution in [0, 0.1) is 6.92 Å². The zero-order chi connectivity index (χ0) is 17.6. The number of carbonyl (C=O) groups excluding carboxylic acids is 1. The molecule has 0 radical (unpaired) electrons. The highest BCUT2D eigenvalue weighted by Crippen LogP contribution is 2.27. The number of carbonyl (C=O) groups is 1. The first-order chi connectivity index (χ1) is 12.2. The van der Waals surface area contributed by atoms with Gasteiger partial charge >= 0.3 is 0 Å². The number of hydrogen-bond acceptors (Lipinski definition) is 6. The van der Waals surface area contributed by atoms with Gasteiger partial charge in [-0.3, -0.25) is 4.79 Å². The summed E-state index contributed by atoms with van der Waals surface area (Å²) in [6.45, 7) is 2.32. The summed E-state index contributed by atoms with van der Waals surface area (Å²) in [5.41, 5.74) is 2.05. The molecule has 0 unspecified atom stereocenters. The van der Waals surface area contributed by atoms with E-state index in [9.17, 15) is 4.79 Å². The van der Waals surface area contributed by atoms with Crippen LogP contribution in [-0.4, -0.2) is 23.0 Å². The molecule has 0 aliphatic carbocycles. The van der Waals surface area contributed by atoms with E-state index in [-0.39, 0.29) is 5.91 Å². The van der Waals surface area contributed by atoms with Crippen molar-refractivity contribution >= 4 is 28.7 Å². The van der Waals surface area contributed by atoms with Crippen LogP contribution >= 0.6 is 11.3 Å². The molecule has 0 saturated heterocycles. The molecule has 3 aromatic rings. The van der Waals surface area contributed by atoms with E-state index in [1.807, 2.05) is 36.6 Å². The maximum atomic E-state index is 12.5. The molecule has 0 aliphatic heterocycles. The Morgan fingerprint density at radius 3 is 2.84 bits per heavy atom. The Bertz CT molecular complexity index is 879. The lowest BCUT2D eigenvalue weighted by Crippen LogP contribution is -2.24. The number of methoxy groups -OCH3 is 1. The first-order valence-corrected chi connectivity index (χ1v) is 8.59. The van der Waals surface area contributed by atoms with Crippen molar-refractivity contribution in [3.05, 3.63) is 64.2 Å². The van der Waals surface area contributed by atoms with Crippen molar-refractivity contribution in [2.45, 2.75) is 13.5 Å². The van der Waals surface area contributed by atoms with Crippen LogP contribution in [0.15, 0.2) is 48.0 Å². The minimum Gasteiger partial charge on any atom is -0.495 e. The second-order valence-corrected chi connectivity index (χ2v) is 6.33. The van der Waals surface area contributed by atoms with Crippen LogP contribution in [0.1, 0.15) is 21.1 Å². The highest BCUT2D eigenvalue weighted by Gasteiger charge is 2.14. The number of rotatable bonds is 6. The van der Waals surface area contributed by atoms with Crippen molar-refractivity contribution in [2.75, 3.05) is 12.4 Å². The average Bonchev–Trinajstić information content (AvgIpc) is 3.06. The largest absolute Gasteiger partial charge is 0.495 e. The molecule has 2 aromatic heterocycles. The summed E-state index contributed by atoms with van der Waals surface area (Å²) in [6.07, 6.45) is 1.64. The lowest BCUT2D eigenvalue weighted by atomic mass is 10.2. The number of aromatic nitrogens is 2. The highest BCUT2D eigenvalue weighted by molar-refractivity contribution is 7.09. The predicted octanol–water partition coefficient (Wildman–Crippen LogP) is 3.53. The fourth-order valence-corrected chi connectivity index (χ4v) is 2.93. The van der Waals surface area contributed by atoms with Crippen LogP contribution in [0.25, 0.3) is 0 Å². The van der Waals surface area contributed by atoms with Gasteiger partial charge in [0.15, 0.2) is 0 Å². The molecule has 3 rings (SSSR count). The highest BCUT2D eigenvalue weighted by atomic mass is 32.1. The standard InChI is InChI=1S/C18H18N4O2S/c1-12-21-13(11-25-12)10-20-18(23)14-6-5-9-19-17(14)22-15-7-3-4-8-16(15)24-2/h3-9,11H,10H2,1-2H3,(H,19,22)(H,20,23). The molecule has 25 heavy (non-hydrogen) atoms. The molecular formula is C18H18N4O2S. The molecule has 2 N–H and O–H groups in total. The van der Waals surface area contributed by atoms with Gasteiger partial charge in [-0.1, -0.05) is 12.1 Å². The Morgan fingerprint density at radius 2 is 2.08 bits per heavy atom. The van der Waals surface area contributed by atoms with Gasteiger partial charge in [0.2, 0.25) is 0 Å². The predicted molar refractivity (Wildman–Crippen MR) is 98.5 cm³/mol. The number of ether oxygens (including phenoxy) is 1. The van der Waals surface area contributed by atoms with E-state index in [0.29, 0.717) is 23.7 Å². The first kappa shape index (κ1) is 16.9. The van der Waals surface area contributed by atoms with Crippen LogP contribution in [-0.2, 0) is 6.54 Å². The summed E-state index contributed by atoms with van der Waals surface area (Å²) in [4.78, 5) is 21.2. The van der Waals surface area contributed by atoms with Crippen LogP contribution in [0.2, 0.25) is 0 Å². The van der Waals surface area contributed by atoms with Gasteiger partial charge in [0.05, 0.1) is 35.6 Å². The van der Waals surface area contributed by atoms with Crippen LogP contribution in [0.3, 0.4) is 0 Å². The SMILES string of the molecule is COc1ccccc1Nc1ncccc1C(=O)NCc1csc(C)n1. The number of aryl methyl sites for hydroxylation is 1. The minimum atomic E-state index is -0.212. The fraction of sp³-hybridized carbons (Fsp3) is 0.167. The second-order valence-electron chi connectivity index (χ2n) is 5.27. The van der Waals surface area contributed by atoms with Crippen molar-refractivity contribution in [3.8, 4) is 5.75 Å². The van der Waals surface area contributed by atoms with Crippen molar-refractivity contribution in [1.82, 2.24) is 15.3 Å². The third-order valence-electron chi connectivity index (χ3n) is 3.51. The summed E-state index contributed by atoms with van der Waals surface area (Å²) in [5, 5.41) is 8.96. The van der Waals surface area contributed by atoms with Gasteiger partial charge < -0.3 is 15.4 Å². The number of para-hydroxylation sites is 2. The Morgan fingerprint density at radius 1 is 1.24 bits per heavy atom. The van der Waals surface area contributed by atoms with Gasteiger partial charge in [-0.05, 0) is 31.2 Å². The molecule has 0 spiro atoms. The molecule has 128 valence electrons. The van der Waals surface area contributed by atoms with Crippen molar-refractivity contribution < 1.29 is 9.53 Å². The van der Waals surface area contributed by atoms with E-state index in [0.717, 1.165) is 16.4 Å². The number of nitrogens with one attached hydrogen (secondary N) is 2.